The van der Waals surface area contributed by atoms with E-state index in [4.69, 9.17) is 0 Å². The maximum absolute atomic E-state index is 12.3. The molecule has 2 aromatic heterocycles. The maximum atomic E-state index is 12.3. The molecule has 0 bridgehead atoms. The van der Waals surface area contributed by atoms with Crippen LogP contribution in [-0.4, -0.2) is 49.6 Å². The van der Waals surface area contributed by atoms with Crippen LogP contribution >= 0.6 is 15.9 Å². The first-order valence-electron chi connectivity index (χ1n) is 9.98. The van der Waals surface area contributed by atoms with Gasteiger partial charge in [-0.05, 0) is 53.7 Å². The minimum Gasteiger partial charge on any atom is -0.507 e. The van der Waals surface area contributed by atoms with Crippen molar-refractivity contribution in [3.8, 4) is 17.0 Å². The predicted octanol–water partition coefficient (Wildman–Crippen LogP) is 3.68. The molecular weight excluding hydrogens is 434 g/mol. The van der Waals surface area contributed by atoms with Crippen LogP contribution in [0.15, 0.2) is 41.0 Å². The number of phenols is 1. The summed E-state index contributed by atoms with van der Waals surface area (Å²) < 4.78 is 2.57. The van der Waals surface area contributed by atoms with Crippen molar-refractivity contribution in [1.82, 2.24) is 19.5 Å². The number of hydrogen-bond acceptors (Lipinski definition) is 5. The van der Waals surface area contributed by atoms with Gasteiger partial charge in [0.2, 0.25) is 5.91 Å². The Bertz CT molecular complexity index is 1070. The third-order valence-corrected chi connectivity index (χ3v) is 6.25. The van der Waals surface area contributed by atoms with Gasteiger partial charge in [-0.1, -0.05) is 12.1 Å². The molecule has 2 aliphatic rings. The van der Waals surface area contributed by atoms with E-state index in [-0.39, 0.29) is 17.7 Å². The number of amides is 1. The van der Waals surface area contributed by atoms with Crippen LogP contribution in [0.4, 0.5) is 5.82 Å². The van der Waals surface area contributed by atoms with Crippen molar-refractivity contribution in [2.75, 3.05) is 18.4 Å². The summed E-state index contributed by atoms with van der Waals surface area (Å²) in [5.74, 6) is 1.62. The molecule has 7 nitrogen and oxygen atoms in total. The molecule has 1 saturated heterocycles. The number of carbonyl (C=O) groups excluding carboxylic acids is 1. The second-order valence-electron chi connectivity index (χ2n) is 7.79. The summed E-state index contributed by atoms with van der Waals surface area (Å²) in [6, 6.07) is 9.36. The molecule has 1 amide bonds. The van der Waals surface area contributed by atoms with Gasteiger partial charge in [-0.25, -0.2) is 4.98 Å². The molecule has 29 heavy (non-hydrogen) atoms. The van der Waals surface area contributed by atoms with E-state index in [0.29, 0.717) is 22.8 Å². The van der Waals surface area contributed by atoms with Gasteiger partial charge in [-0.2, -0.15) is 9.61 Å². The van der Waals surface area contributed by atoms with Crippen molar-refractivity contribution in [3.63, 3.8) is 0 Å². The Morgan fingerprint density at radius 3 is 2.66 bits per heavy atom. The summed E-state index contributed by atoms with van der Waals surface area (Å²) in [6.07, 6.45) is 5.62. The molecule has 1 aliphatic carbocycles. The number of nitrogens with zero attached hydrogens (tertiary/aromatic N) is 4. The van der Waals surface area contributed by atoms with Gasteiger partial charge >= 0.3 is 0 Å². The van der Waals surface area contributed by atoms with Crippen LogP contribution < -0.4 is 5.32 Å². The van der Waals surface area contributed by atoms with Crippen molar-refractivity contribution in [2.24, 2.45) is 5.92 Å². The van der Waals surface area contributed by atoms with Crippen molar-refractivity contribution in [2.45, 2.75) is 31.7 Å². The fourth-order valence-electron chi connectivity index (χ4n) is 3.91. The molecule has 0 radical (unpaired) electrons. The zero-order chi connectivity index (χ0) is 20.0. The topological polar surface area (TPSA) is 82.8 Å². The van der Waals surface area contributed by atoms with E-state index in [2.05, 4.69) is 31.3 Å². The van der Waals surface area contributed by atoms with E-state index in [1.54, 1.807) is 22.8 Å². The number of aromatic nitrogens is 3. The highest BCUT2D eigenvalue weighted by Crippen LogP contribution is 2.33. The summed E-state index contributed by atoms with van der Waals surface area (Å²) in [4.78, 5) is 19.0. The van der Waals surface area contributed by atoms with Crippen molar-refractivity contribution in [3.05, 3.63) is 41.0 Å². The number of likely N-dealkylation sites (tertiary alicyclic amines) is 1. The monoisotopic (exact) mass is 455 g/mol. The van der Waals surface area contributed by atoms with Crippen molar-refractivity contribution < 1.29 is 9.90 Å². The predicted molar refractivity (Wildman–Crippen MR) is 114 cm³/mol. The number of nitrogens with one attached hydrogen (secondary N) is 1. The number of rotatable bonds is 4. The zero-order valence-corrected chi connectivity index (χ0v) is 17.5. The molecule has 3 heterocycles. The Hall–Kier alpha value is -2.61. The lowest BCUT2D eigenvalue weighted by atomic mass is 10.0. The molecular formula is C21H22BrN5O2. The van der Waals surface area contributed by atoms with Gasteiger partial charge in [0, 0.05) is 36.7 Å². The van der Waals surface area contributed by atoms with Gasteiger partial charge in [0.25, 0.3) is 0 Å². The third kappa shape index (κ3) is 3.57. The van der Waals surface area contributed by atoms with Gasteiger partial charge in [0.15, 0.2) is 5.65 Å². The highest BCUT2D eigenvalue weighted by molar-refractivity contribution is 9.10. The van der Waals surface area contributed by atoms with E-state index in [9.17, 15) is 9.90 Å². The standard InChI is InChI=1S/C21H22BrN5O2/c22-16-12-23-27-19(11-17(25-20(16)27)15-3-1-2-4-18(15)28)24-14-7-9-26(10-8-14)21(29)13-5-6-13/h1-4,11-14,24,28H,5-10H2. The number of para-hydroxylation sites is 1. The summed E-state index contributed by atoms with van der Waals surface area (Å²) in [5, 5.41) is 18.3. The molecule has 0 atom stereocenters. The number of piperidine rings is 1. The number of aromatic hydroxyl groups is 1. The van der Waals surface area contributed by atoms with Crippen LogP contribution in [0.1, 0.15) is 25.7 Å². The molecule has 1 aliphatic heterocycles. The van der Waals surface area contributed by atoms with Crippen LogP contribution in [-0.2, 0) is 4.79 Å². The third-order valence-electron chi connectivity index (χ3n) is 5.69. The quantitative estimate of drug-likeness (QED) is 0.626. The molecule has 8 heteroatoms. The summed E-state index contributed by atoms with van der Waals surface area (Å²) >= 11 is 3.51. The van der Waals surface area contributed by atoms with E-state index < -0.39 is 0 Å². The Kier molecular flexibility index (Phi) is 4.66. The fourth-order valence-corrected chi connectivity index (χ4v) is 4.26. The Balaban J connectivity index is 1.41. The molecule has 0 unspecified atom stereocenters. The normalized spacial score (nSPS) is 17.6. The van der Waals surface area contributed by atoms with E-state index in [1.807, 2.05) is 23.1 Å². The maximum Gasteiger partial charge on any atom is 0.225 e. The molecule has 0 spiro atoms. The number of phenolic OH excluding ortho intramolecular Hbond substituents is 1. The summed E-state index contributed by atoms with van der Waals surface area (Å²) in [7, 11) is 0. The zero-order valence-electron chi connectivity index (χ0n) is 15.9. The fraction of sp³-hybridized carbons (Fsp3) is 0.381. The number of carbonyl (C=O) groups is 1. The average Bonchev–Trinajstić information content (AvgIpc) is 3.52. The van der Waals surface area contributed by atoms with Gasteiger partial charge in [0.05, 0.1) is 16.4 Å². The van der Waals surface area contributed by atoms with Gasteiger partial charge in [-0.15, -0.1) is 0 Å². The van der Waals surface area contributed by atoms with Crippen molar-refractivity contribution >= 4 is 33.3 Å². The number of halogens is 1. The molecule has 150 valence electrons. The first-order chi connectivity index (χ1) is 14.1. The van der Waals surface area contributed by atoms with Crippen molar-refractivity contribution in [1.29, 1.82) is 0 Å². The summed E-state index contributed by atoms with van der Waals surface area (Å²) in [6.45, 7) is 1.58. The molecule has 2 N–H and O–H groups in total. The first-order valence-corrected chi connectivity index (χ1v) is 10.8. The molecule has 1 saturated carbocycles. The van der Waals surface area contributed by atoms with Crippen LogP contribution in [0.25, 0.3) is 16.9 Å². The number of fused-ring (bicyclic) bond motifs is 1. The van der Waals surface area contributed by atoms with E-state index in [1.165, 1.54) is 0 Å². The number of anilines is 1. The molecule has 5 rings (SSSR count). The van der Waals surface area contributed by atoms with Crippen LogP contribution in [0.2, 0.25) is 0 Å². The minimum absolute atomic E-state index is 0.192. The molecule has 3 aromatic rings. The smallest absolute Gasteiger partial charge is 0.225 e. The lowest BCUT2D eigenvalue weighted by Gasteiger charge is -2.33. The van der Waals surface area contributed by atoms with Crippen LogP contribution in [0, 0.1) is 5.92 Å². The summed E-state index contributed by atoms with van der Waals surface area (Å²) in [5.41, 5.74) is 2.05. The SMILES string of the molecule is O=C(C1CC1)N1CCC(Nc2cc(-c3ccccc3O)nc3c(Br)cnn23)CC1. The minimum atomic E-state index is 0.192. The largest absolute Gasteiger partial charge is 0.507 e. The second-order valence-corrected chi connectivity index (χ2v) is 8.64. The molecule has 1 aromatic carbocycles. The Labute approximate surface area is 176 Å². The van der Waals surface area contributed by atoms with E-state index in [0.717, 1.165) is 49.1 Å². The molecule has 2 fully saturated rings. The number of benzene rings is 1. The lowest BCUT2D eigenvalue weighted by Crippen LogP contribution is -2.43. The highest BCUT2D eigenvalue weighted by Gasteiger charge is 2.35. The van der Waals surface area contributed by atoms with Crippen LogP contribution in [0.5, 0.6) is 5.75 Å². The average molecular weight is 456 g/mol. The van der Waals surface area contributed by atoms with E-state index >= 15 is 0 Å². The highest BCUT2D eigenvalue weighted by atomic mass is 79.9. The Morgan fingerprint density at radius 1 is 1.17 bits per heavy atom. The number of hydrogen-bond donors (Lipinski definition) is 2. The van der Waals surface area contributed by atoms with Gasteiger partial charge < -0.3 is 15.3 Å². The second kappa shape index (κ2) is 7.33. The first kappa shape index (κ1) is 18.4. The van der Waals surface area contributed by atoms with Gasteiger partial charge in [-0.3, -0.25) is 4.79 Å². The van der Waals surface area contributed by atoms with Crippen LogP contribution in [0.3, 0.4) is 0 Å². The Morgan fingerprint density at radius 2 is 1.93 bits per heavy atom. The van der Waals surface area contributed by atoms with Gasteiger partial charge in [0.1, 0.15) is 11.6 Å². The lowest BCUT2D eigenvalue weighted by molar-refractivity contribution is -0.133.